The van der Waals surface area contributed by atoms with Gasteiger partial charge in [0.1, 0.15) is 6.07 Å². The predicted octanol–water partition coefficient (Wildman–Crippen LogP) is 3.30. The molecule has 3 nitrogen and oxygen atoms in total. The van der Waals surface area contributed by atoms with Crippen LogP contribution in [0.5, 0.6) is 0 Å². The summed E-state index contributed by atoms with van der Waals surface area (Å²) in [5, 5.41) is 20.8. The molecule has 0 atom stereocenters. The van der Waals surface area contributed by atoms with Crippen molar-refractivity contribution in [2.75, 3.05) is 11.9 Å². The Balaban J connectivity index is 2.62. The van der Waals surface area contributed by atoms with E-state index >= 15 is 0 Å². The van der Waals surface area contributed by atoms with E-state index in [1.54, 1.807) is 6.07 Å². The van der Waals surface area contributed by atoms with Gasteiger partial charge in [0.15, 0.2) is 0 Å². The van der Waals surface area contributed by atoms with Crippen molar-refractivity contribution < 1.29 is 0 Å². The van der Waals surface area contributed by atoms with E-state index in [2.05, 4.69) is 31.3 Å². The van der Waals surface area contributed by atoms with Crippen molar-refractivity contribution in [3.8, 4) is 12.1 Å². The number of rotatable bonds is 5. The van der Waals surface area contributed by atoms with Gasteiger partial charge in [-0.05, 0) is 24.0 Å². The molecule has 3 heteroatoms. The normalized spacial score (nSPS) is 10.4. The Morgan fingerprint density at radius 2 is 1.94 bits per heavy atom. The van der Waals surface area contributed by atoms with E-state index in [1.807, 2.05) is 18.2 Å². The SMILES string of the molecule is CC(C)(CCC#N)CNc1ccccc1C#N. The molecule has 0 aromatic heterocycles. The molecule has 1 aromatic carbocycles. The smallest absolute Gasteiger partial charge is 0.101 e. The van der Waals surface area contributed by atoms with Gasteiger partial charge in [-0.2, -0.15) is 10.5 Å². The first-order chi connectivity index (χ1) is 8.09. The highest BCUT2D eigenvalue weighted by molar-refractivity contribution is 5.57. The number of nitrogens with zero attached hydrogens (tertiary/aromatic N) is 2. The second-order valence-corrected chi connectivity index (χ2v) is 4.83. The largest absolute Gasteiger partial charge is 0.383 e. The maximum absolute atomic E-state index is 8.96. The second kappa shape index (κ2) is 5.92. The summed E-state index contributed by atoms with van der Waals surface area (Å²) in [4.78, 5) is 0. The van der Waals surface area contributed by atoms with Crippen molar-refractivity contribution in [3.05, 3.63) is 29.8 Å². The van der Waals surface area contributed by atoms with E-state index in [1.165, 1.54) is 0 Å². The first kappa shape index (κ1) is 13.1. The van der Waals surface area contributed by atoms with E-state index in [0.717, 1.165) is 18.7 Å². The molecule has 17 heavy (non-hydrogen) atoms. The van der Waals surface area contributed by atoms with Crippen LogP contribution in [0.1, 0.15) is 32.3 Å². The summed E-state index contributed by atoms with van der Waals surface area (Å²) in [6.45, 7) is 4.99. The third-order valence-electron chi connectivity index (χ3n) is 2.72. The average Bonchev–Trinajstić information content (AvgIpc) is 2.34. The Kier molecular flexibility index (Phi) is 4.55. The van der Waals surface area contributed by atoms with Crippen molar-refractivity contribution in [3.63, 3.8) is 0 Å². The van der Waals surface area contributed by atoms with E-state index in [0.29, 0.717) is 12.0 Å². The maximum atomic E-state index is 8.96. The van der Waals surface area contributed by atoms with Gasteiger partial charge in [-0.15, -0.1) is 0 Å². The molecule has 0 fully saturated rings. The van der Waals surface area contributed by atoms with Crippen LogP contribution in [0.4, 0.5) is 5.69 Å². The van der Waals surface area contributed by atoms with E-state index in [-0.39, 0.29) is 5.41 Å². The zero-order valence-electron chi connectivity index (χ0n) is 10.3. The fourth-order valence-electron chi connectivity index (χ4n) is 1.55. The number of para-hydroxylation sites is 1. The monoisotopic (exact) mass is 227 g/mol. The summed E-state index contributed by atoms with van der Waals surface area (Å²) in [7, 11) is 0. The molecular formula is C14H17N3. The highest BCUT2D eigenvalue weighted by Crippen LogP contribution is 2.23. The summed E-state index contributed by atoms with van der Waals surface area (Å²) < 4.78 is 0. The molecule has 0 saturated carbocycles. The number of benzene rings is 1. The van der Waals surface area contributed by atoms with Gasteiger partial charge in [0, 0.05) is 13.0 Å². The van der Waals surface area contributed by atoms with Crippen LogP contribution in [-0.2, 0) is 0 Å². The number of hydrogen-bond acceptors (Lipinski definition) is 3. The van der Waals surface area contributed by atoms with Gasteiger partial charge in [0.05, 0.1) is 17.3 Å². The minimum absolute atomic E-state index is 0.0539. The lowest BCUT2D eigenvalue weighted by Gasteiger charge is -2.24. The molecule has 0 aliphatic carbocycles. The summed E-state index contributed by atoms with van der Waals surface area (Å²) in [6.07, 6.45) is 1.42. The lowest BCUT2D eigenvalue weighted by Crippen LogP contribution is -2.23. The van der Waals surface area contributed by atoms with Crippen LogP contribution < -0.4 is 5.32 Å². The predicted molar refractivity (Wildman–Crippen MR) is 68.3 cm³/mol. The molecule has 0 spiro atoms. The lowest BCUT2D eigenvalue weighted by atomic mass is 9.88. The summed E-state index contributed by atoms with van der Waals surface area (Å²) >= 11 is 0. The minimum atomic E-state index is 0.0539. The number of anilines is 1. The Bertz CT molecular complexity index is 449. The molecule has 0 aliphatic heterocycles. The standard InChI is InChI=1S/C14H17N3/c1-14(2,8-5-9-15)11-17-13-7-4-3-6-12(13)10-16/h3-4,6-7,17H,5,8,11H2,1-2H3. The lowest BCUT2D eigenvalue weighted by molar-refractivity contribution is 0.364. The number of nitriles is 2. The molecule has 1 aromatic rings. The highest BCUT2D eigenvalue weighted by atomic mass is 14.9. The van der Waals surface area contributed by atoms with Crippen molar-refractivity contribution in [1.29, 1.82) is 10.5 Å². The Hall–Kier alpha value is -2.00. The Morgan fingerprint density at radius 1 is 1.24 bits per heavy atom. The molecule has 0 amide bonds. The van der Waals surface area contributed by atoms with Crippen molar-refractivity contribution in [2.24, 2.45) is 5.41 Å². The number of hydrogen-bond donors (Lipinski definition) is 1. The third kappa shape index (κ3) is 4.17. The molecule has 0 saturated heterocycles. The van der Waals surface area contributed by atoms with Crippen LogP contribution in [0.25, 0.3) is 0 Å². The minimum Gasteiger partial charge on any atom is -0.383 e. The van der Waals surface area contributed by atoms with Crippen LogP contribution in [0.3, 0.4) is 0 Å². The quantitative estimate of drug-likeness (QED) is 0.839. The zero-order chi connectivity index (χ0) is 12.7. The molecule has 0 bridgehead atoms. The molecule has 0 heterocycles. The molecule has 0 aliphatic rings. The topological polar surface area (TPSA) is 59.6 Å². The van der Waals surface area contributed by atoms with Gasteiger partial charge in [0.25, 0.3) is 0 Å². The Labute approximate surface area is 103 Å². The second-order valence-electron chi connectivity index (χ2n) is 4.83. The fraction of sp³-hybridized carbons (Fsp3) is 0.429. The maximum Gasteiger partial charge on any atom is 0.101 e. The highest BCUT2D eigenvalue weighted by Gasteiger charge is 2.17. The Morgan fingerprint density at radius 3 is 2.59 bits per heavy atom. The molecule has 0 radical (unpaired) electrons. The molecular weight excluding hydrogens is 210 g/mol. The van der Waals surface area contributed by atoms with Crippen LogP contribution in [0.15, 0.2) is 24.3 Å². The summed E-state index contributed by atoms with van der Waals surface area (Å²) in [6, 6.07) is 11.8. The van der Waals surface area contributed by atoms with Gasteiger partial charge in [-0.1, -0.05) is 26.0 Å². The fourth-order valence-corrected chi connectivity index (χ4v) is 1.55. The van der Waals surface area contributed by atoms with Gasteiger partial charge < -0.3 is 5.32 Å². The molecule has 1 N–H and O–H groups in total. The zero-order valence-corrected chi connectivity index (χ0v) is 10.3. The van der Waals surface area contributed by atoms with Crippen LogP contribution in [0, 0.1) is 28.1 Å². The summed E-state index contributed by atoms with van der Waals surface area (Å²) in [5.74, 6) is 0. The van der Waals surface area contributed by atoms with Crippen LogP contribution >= 0.6 is 0 Å². The molecule has 88 valence electrons. The van der Waals surface area contributed by atoms with Crippen LogP contribution in [-0.4, -0.2) is 6.54 Å². The average molecular weight is 227 g/mol. The van der Waals surface area contributed by atoms with E-state index in [9.17, 15) is 0 Å². The van der Waals surface area contributed by atoms with Gasteiger partial charge in [-0.25, -0.2) is 0 Å². The summed E-state index contributed by atoms with van der Waals surface area (Å²) in [5.41, 5.74) is 1.57. The van der Waals surface area contributed by atoms with Crippen molar-refractivity contribution in [2.45, 2.75) is 26.7 Å². The van der Waals surface area contributed by atoms with Gasteiger partial charge >= 0.3 is 0 Å². The van der Waals surface area contributed by atoms with Crippen molar-refractivity contribution >= 4 is 5.69 Å². The van der Waals surface area contributed by atoms with Gasteiger partial charge in [0.2, 0.25) is 0 Å². The van der Waals surface area contributed by atoms with Gasteiger partial charge in [-0.3, -0.25) is 0 Å². The first-order valence-electron chi connectivity index (χ1n) is 5.69. The third-order valence-corrected chi connectivity index (χ3v) is 2.72. The van der Waals surface area contributed by atoms with E-state index < -0.39 is 0 Å². The van der Waals surface area contributed by atoms with E-state index in [4.69, 9.17) is 10.5 Å². The molecule has 0 unspecified atom stereocenters. The van der Waals surface area contributed by atoms with Crippen LogP contribution in [0.2, 0.25) is 0 Å². The first-order valence-corrected chi connectivity index (χ1v) is 5.69. The van der Waals surface area contributed by atoms with Crippen molar-refractivity contribution in [1.82, 2.24) is 0 Å². The number of nitrogens with one attached hydrogen (secondary N) is 1. The molecule has 1 rings (SSSR count).